The van der Waals surface area contributed by atoms with Gasteiger partial charge in [0.15, 0.2) is 0 Å². The fourth-order valence-corrected chi connectivity index (χ4v) is 1.16. The van der Waals surface area contributed by atoms with Gasteiger partial charge in [0.2, 0.25) is 5.91 Å². The molecule has 0 aliphatic carbocycles. The first-order valence-electron chi connectivity index (χ1n) is 5.23. The molecule has 0 aromatic rings. The molecule has 0 atom stereocenters. The van der Waals surface area contributed by atoms with Crippen LogP contribution in [-0.2, 0) is 14.3 Å². The van der Waals surface area contributed by atoms with Gasteiger partial charge in [-0.1, -0.05) is 6.08 Å². The van der Waals surface area contributed by atoms with Gasteiger partial charge >= 0.3 is 5.97 Å². The lowest BCUT2D eigenvalue weighted by molar-refractivity contribution is -0.140. The number of carbonyl (C=O) groups is 2. The number of hydrogen-bond acceptors (Lipinski definition) is 4. The zero-order valence-corrected chi connectivity index (χ0v) is 9.99. The molecule has 0 saturated heterocycles. The van der Waals surface area contributed by atoms with Crippen LogP contribution in [0.15, 0.2) is 12.7 Å². The highest BCUT2D eigenvalue weighted by atomic mass is 16.5. The highest BCUT2D eigenvalue weighted by Gasteiger charge is 2.06. The van der Waals surface area contributed by atoms with E-state index >= 15 is 0 Å². The van der Waals surface area contributed by atoms with Crippen molar-refractivity contribution in [3.8, 4) is 0 Å². The van der Waals surface area contributed by atoms with Crippen molar-refractivity contribution in [3.63, 3.8) is 0 Å². The van der Waals surface area contributed by atoms with Gasteiger partial charge in [-0.2, -0.15) is 0 Å². The molecule has 0 unspecified atom stereocenters. The van der Waals surface area contributed by atoms with Gasteiger partial charge in [-0.15, -0.1) is 6.58 Å². The smallest absolute Gasteiger partial charge is 0.305 e. The van der Waals surface area contributed by atoms with E-state index in [4.69, 9.17) is 0 Å². The molecule has 1 N–H and O–H groups in total. The third kappa shape index (κ3) is 7.99. The topological polar surface area (TPSA) is 58.6 Å². The molecule has 5 heteroatoms. The SMILES string of the molecule is C=CCNC(=O)CN(C)CCCC(=O)OC. The zero-order valence-electron chi connectivity index (χ0n) is 9.99. The fourth-order valence-electron chi connectivity index (χ4n) is 1.16. The minimum atomic E-state index is -0.218. The Hall–Kier alpha value is -1.36. The monoisotopic (exact) mass is 228 g/mol. The van der Waals surface area contributed by atoms with Gasteiger partial charge in [-0.05, 0) is 20.0 Å². The second kappa shape index (κ2) is 8.91. The predicted octanol–water partition coefficient (Wildman–Crippen LogP) is 0.174. The number of ether oxygens (including phenoxy) is 1. The van der Waals surface area contributed by atoms with Gasteiger partial charge in [-0.3, -0.25) is 14.5 Å². The molecular formula is C11H20N2O3. The molecule has 16 heavy (non-hydrogen) atoms. The molecule has 0 heterocycles. The Balaban J connectivity index is 3.57. The van der Waals surface area contributed by atoms with E-state index in [0.29, 0.717) is 32.5 Å². The molecule has 92 valence electrons. The molecule has 5 nitrogen and oxygen atoms in total. The van der Waals surface area contributed by atoms with E-state index in [1.807, 2.05) is 11.9 Å². The van der Waals surface area contributed by atoms with E-state index in [1.165, 1.54) is 7.11 Å². The second-order valence-corrected chi connectivity index (χ2v) is 3.51. The molecular weight excluding hydrogens is 208 g/mol. The molecule has 0 spiro atoms. The van der Waals surface area contributed by atoms with Crippen molar-refractivity contribution in [3.05, 3.63) is 12.7 Å². The lowest BCUT2D eigenvalue weighted by atomic mass is 10.3. The van der Waals surface area contributed by atoms with Gasteiger partial charge in [-0.25, -0.2) is 0 Å². The first-order chi connectivity index (χ1) is 7.60. The van der Waals surface area contributed by atoms with Crippen molar-refractivity contribution in [2.24, 2.45) is 0 Å². The average Bonchev–Trinajstić information content (AvgIpc) is 2.25. The summed E-state index contributed by atoms with van der Waals surface area (Å²) in [5, 5.41) is 2.68. The highest BCUT2D eigenvalue weighted by Crippen LogP contribution is 1.94. The Bertz CT molecular complexity index is 241. The van der Waals surface area contributed by atoms with Crippen LogP contribution in [0.5, 0.6) is 0 Å². The molecule has 1 amide bonds. The number of rotatable bonds is 8. The third-order valence-electron chi connectivity index (χ3n) is 2.01. The molecule has 0 aliphatic heterocycles. The van der Waals surface area contributed by atoms with Crippen LogP contribution >= 0.6 is 0 Å². The minimum Gasteiger partial charge on any atom is -0.469 e. The number of amides is 1. The van der Waals surface area contributed by atoms with Gasteiger partial charge in [0.1, 0.15) is 0 Å². The number of nitrogens with one attached hydrogen (secondary N) is 1. The Labute approximate surface area is 96.4 Å². The first kappa shape index (κ1) is 14.6. The van der Waals surface area contributed by atoms with Crippen molar-refractivity contribution >= 4 is 11.9 Å². The average molecular weight is 228 g/mol. The van der Waals surface area contributed by atoms with Crippen molar-refractivity contribution in [2.75, 3.05) is 33.8 Å². The molecule has 0 aliphatic rings. The van der Waals surface area contributed by atoms with Crippen LogP contribution in [0.1, 0.15) is 12.8 Å². The standard InChI is InChI=1S/C11H20N2O3/c1-4-7-12-10(14)9-13(2)8-5-6-11(15)16-3/h4H,1,5-9H2,2-3H3,(H,12,14). The summed E-state index contributed by atoms with van der Waals surface area (Å²) in [5.74, 6) is -0.259. The van der Waals surface area contributed by atoms with Crippen molar-refractivity contribution in [1.29, 1.82) is 0 Å². The Morgan fingerprint density at radius 2 is 2.19 bits per heavy atom. The van der Waals surface area contributed by atoms with E-state index in [-0.39, 0.29) is 11.9 Å². The molecule has 0 aromatic carbocycles. The number of methoxy groups -OCH3 is 1. The highest BCUT2D eigenvalue weighted by molar-refractivity contribution is 5.78. The van der Waals surface area contributed by atoms with E-state index in [0.717, 1.165) is 0 Å². The minimum absolute atomic E-state index is 0.0412. The lowest BCUT2D eigenvalue weighted by Crippen LogP contribution is -2.35. The van der Waals surface area contributed by atoms with Crippen LogP contribution in [0.3, 0.4) is 0 Å². The molecule has 0 fully saturated rings. The van der Waals surface area contributed by atoms with Crippen LogP contribution in [0, 0.1) is 0 Å². The summed E-state index contributed by atoms with van der Waals surface area (Å²) in [7, 11) is 3.21. The lowest BCUT2D eigenvalue weighted by Gasteiger charge is -2.15. The number of carbonyl (C=O) groups excluding carboxylic acids is 2. The van der Waals surface area contributed by atoms with Gasteiger partial charge in [0.05, 0.1) is 13.7 Å². The van der Waals surface area contributed by atoms with E-state index in [9.17, 15) is 9.59 Å². The van der Waals surface area contributed by atoms with Crippen LogP contribution in [0.4, 0.5) is 0 Å². The summed E-state index contributed by atoms with van der Waals surface area (Å²) in [6.07, 6.45) is 2.71. The molecule has 0 rings (SSSR count). The van der Waals surface area contributed by atoms with Crippen LogP contribution in [0.2, 0.25) is 0 Å². The second-order valence-electron chi connectivity index (χ2n) is 3.51. The first-order valence-corrected chi connectivity index (χ1v) is 5.23. The molecule has 0 saturated carbocycles. The summed E-state index contributed by atoms with van der Waals surface area (Å²) < 4.78 is 4.52. The Kier molecular flexibility index (Phi) is 8.15. The van der Waals surface area contributed by atoms with E-state index in [2.05, 4.69) is 16.6 Å². The number of hydrogen-bond donors (Lipinski definition) is 1. The largest absolute Gasteiger partial charge is 0.469 e. The van der Waals surface area contributed by atoms with Crippen molar-refractivity contribution < 1.29 is 14.3 Å². The van der Waals surface area contributed by atoms with Gasteiger partial charge in [0, 0.05) is 13.0 Å². The summed E-state index contributed by atoms with van der Waals surface area (Å²) in [4.78, 5) is 24.0. The maximum Gasteiger partial charge on any atom is 0.305 e. The normalized spacial score (nSPS) is 9.94. The van der Waals surface area contributed by atoms with Crippen LogP contribution in [0.25, 0.3) is 0 Å². The van der Waals surface area contributed by atoms with Crippen molar-refractivity contribution in [2.45, 2.75) is 12.8 Å². The molecule has 0 bridgehead atoms. The van der Waals surface area contributed by atoms with Gasteiger partial charge < -0.3 is 10.1 Å². The zero-order chi connectivity index (χ0) is 12.4. The summed E-state index contributed by atoms with van der Waals surface area (Å²) in [6.45, 7) is 5.01. The maximum absolute atomic E-state index is 11.3. The predicted molar refractivity (Wildman–Crippen MR) is 62.0 cm³/mol. The summed E-state index contributed by atoms with van der Waals surface area (Å²) in [5.41, 5.74) is 0. The van der Waals surface area contributed by atoms with Crippen LogP contribution < -0.4 is 5.32 Å². The van der Waals surface area contributed by atoms with Gasteiger partial charge in [0.25, 0.3) is 0 Å². The third-order valence-corrected chi connectivity index (χ3v) is 2.01. The number of likely N-dealkylation sites (N-methyl/N-ethyl adjacent to an activating group) is 1. The van der Waals surface area contributed by atoms with E-state index in [1.54, 1.807) is 6.08 Å². The molecule has 0 aromatic heterocycles. The molecule has 0 radical (unpaired) electrons. The van der Waals surface area contributed by atoms with Crippen molar-refractivity contribution in [1.82, 2.24) is 10.2 Å². The fraction of sp³-hybridized carbons (Fsp3) is 0.636. The summed E-state index contributed by atoms with van der Waals surface area (Å²) in [6, 6.07) is 0. The quantitative estimate of drug-likeness (QED) is 0.475. The number of esters is 1. The Morgan fingerprint density at radius 1 is 1.50 bits per heavy atom. The summed E-state index contributed by atoms with van der Waals surface area (Å²) >= 11 is 0. The Morgan fingerprint density at radius 3 is 2.75 bits per heavy atom. The number of nitrogens with zero attached hydrogens (tertiary/aromatic N) is 1. The van der Waals surface area contributed by atoms with E-state index < -0.39 is 0 Å². The van der Waals surface area contributed by atoms with Crippen LogP contribution in [-0.4, -0.2) is 50.6 Å². The maximum atomic E-state index is 11.3.